The fraction of sp³-hybridized carbons (Fsp3) is 0.385. The van der Waals surface area contributed by atoms with Crippen LogP contribution in [0.15, 0.2) is 18.2 Å². The van der Waals surface area contributed by atoms with E-state index in [0.717, 1.165) is 30.4 Å². The Balaban J connectivity index is 2.33. The summed E-state index contributed by atoms with van der Waals surface area (Å²) in [6, 6.07) is 7.70. The standard InChI is InChI=1S/C13H13NO2/c1-9(15)16-13-4-2-3-11-7-10(8-14)5-6-12(11)13/h5-7,13H,2-4H2,1H3. The van der Waals surface area contributed by atoms with Crippen molar-refractivity contribution in [2.45, 2.75) is 32.3 Å². The smallest absolute Gasteiger partial charge is 0.303 e. The summed E-state index contributed by atoms with van der Waals surface area (Å²) in [6.45, 7) is 1.43. The van der Waals surface area contributed by atoms with Gasteiger partial charge in [0.2, 0.25) is 0 Å². The van der Waals surface area contributed by atoms with Crippen molar-refractivity contribution in [3.05, 3.63) is 34.9 Å². The number of hydrogen-bond acceptors (Lipinski definition) is 3. The third-order valence-electron chi connectivity index (χ3n) is 2.84. The number of carbonyl (C=O) groups is 1. The topological polar surface area (TPSA) is 50.1 Å². The first-order valence-corrected chi connectivity index (χ1v) is 5.41. The molecule has 0 fully saturated rings. The number of nitrogens with zero attached hydrogens (tertiary/aromatic N) is 1. The molecule has 1 unspecified atom stereocenters. The van der Waals surface area contributed by atoms with Crippen molar-refractivity contribution in [1.29, 1.82) is 5.26 Å². The van der Waals surface area contributed by atoms with E-state index in [0.29, 0.717) is 5.56 Å². The molecule has 1 aromatic carbocycles. The second kappa shape index (κ2) is 4.36. The zero-order valence-corrected chi connectivity index (χ0v) is 9.19. The third-order valence-corrected chi connectivity index (χ3v) is 2.84. The molecule has 3 nitrogen and oxygen atoms in total. The number of nitriles is 1. The number of aryl methyl sites for hydroxylation is 1. The fourth-order valence-corrected chi connectivity index (χ4v) is 2.16. The number of rotatable bonds is 1. The average Bonchev–Trinajstić information content (AvgIpc) is 2.28. The van der Waals surface area contributed by atoms with Crippen molar-refractivity contribution in [3.63, 3.8) is 0 Å². The van der Waals surface area contributed by atoms with Gasteiger partial charge in [-0.05, 0) is 42.5 Å². The van der Waals surface area contributed by atoms with Crippen molar-refractivity contribution in [3.8, 4) is 6.07 Å². The van der Waals surface area contributed by atoms with Gasteiger partial charge in [0.15, 0.2) is 0 Å². The molecule has 0 spiro atoms. The van der Waals surface area contributed by atoms with Crippen LogP contribution in [0.2, 0.25) is 0 Å². The van der Waals surface area contributed by atoms with E-state index in [1.165, 1.54) is 6.92 Å². The van der Waals surface area contributed by atoms with Gasteiger partial charge in [-0.3, -0.25) is 4.79 Å². The summed E-state index contributed by atoms with van der Waals surface area (Å²) in [6.07, 6.45) is 2.70. The van der Waals surface area contributed by atoms with Gasteiger partial charge in [0.1, 0.15) is 6.10 Å². The molecule has 0 aliphatic heterocycles. The second-order valence-corrected chi connectivity index (χ2v) is 4.02. The first-order valence-electron chi connectivity index (χ1n) is 5.41. The van der Waals surface area contributed by atoms with Gasteiger partial charge in [-0.25, -0.2) is 0 Å². The summed E-state index contributed by atoms with van der Waals surface area (Å²) in [5.74, 6) is -0.248. The predicted molar refractivity (Wildman–Crippen MR) is 58.6 cm³/mol. The van der Waals surface area contributed by atoms with Crippen LogP contribution < -0.4 is 0 Å². The van der Waals surface area contributed by atoms with Gasteiger partial charge < -0.3 is 4.74 Å². The van der Waals surface area contributed by atoms with E-state index in [4.69, 9.17) is 10.00 Å². The first kappa shape index (κ1) is 10.7. The molecule has 0 amide bonds. The Morgan fingerprint density at radius 2 is 2.38 bits per heavy atom. The van der Waals surface area contributed by atoms with Gasteiger partial charge in [-0.15, -0.1) is 0 Å². The maximum atomic E-state index is 11.0. The van der Waals surface area contributed by atoms with E-state index in [1.54, 1.807) is 6.07 Å². The van der Waals surface area contributed by atoms with Gasteiger partial charge in [0, 0.05) is 6.92 Å². The lowest BCUT2D eigenvalue weighted by molar-refractivity contribution is -0.147. The molecule has 0 saturated heterocycles. The number of benzene rings is 1. The molecule has 0 bridgehead atoms. The predicted octanol–water partition coefficient (Wildman–Crippen LogP) is 2.50. The minimum Gasteiger partial charge on any atom is -0.458 e. The van der Waals surface area contributed by atoms with Crippen LogP contribution >= 0.6 is 0 Å². The Morgan fingerprint density at radius 1 is 1.56 bits per heavy atom. The summed E-state index contributed by atoms with van der Waals surface area (Å²) in [4.78, 5) is 11.0. The maximum absolute atomic E-state index is 11.0. The van der Waals surface area contributed by atoms with Crippen LogP contribution in [0.3, 0.4) is 0 Å². The molecule has 1 aliphatic carbocycles. The molecule has 0 aromatic heterocycles. The quantitative estimate of drug-likeness (QED) is 0.676. The number of hydrogen-bond donors (Lipinski definition) is 0. The van der Waals surface area contributed by atoms with Crippen molar-refractivity contribution >= 4 is 5.97 Å². The lowest BCUT2D eigenvalue weighted by atomic mass is 9.88. The number of ether oxygens (including phenoxy) is 1. The molecule has 0 N–H and O–H groups in total. The third kappa shape index (κ3) is 2.06. The Bertz CT molecular complexity index is 459. The summed E-state index contributed by atoms with van der Waals surface area (Å²) in [5.41, 5.74) is 2.86. The van der Waals surface area contributed by atoms with Crippen LogP contribution in [0, 0.1) is 11.3 Å². The number of esters is 1. The van der Waals surface area contributed by atoms with Crippen molar-refractivity contribution in [2.24, 2.45) is 0 Å². The summed E-state index contributed by atoms with van der Waals surface area (Å²) >= 11 is 0. The van der Waals surface area contributed by atoms with Crippen LogP contribution in [0.5, 0.6) is 0 Å². The first-order chi connectivity index (χ1) is 7.70. The molecule has 82 valence electrons. The summed E-state index contributed by atoms with van der Waals surface area (Å²) < 4.78 is 5.27. The Kier molecular flexibility index (Phi) is 2.91. The maximum Gasteiger partial charge on any atom is 0.303 e. The van der Waals surface area contributed by atoms with Gasteiger partial charge in [-0.1, -0.05) is 6.07 Å². The molecule has 1 aromatic rings. The van der Waals surface area contributed by atoms with E-state index >= 15 is 0 Å². The Hall–Kier alpha value is -1.82. The lowest BCUT2D eigenvalue weighted by Crippen LogP contribution is -2.15. The van der Waals surface area contributed by atoms with Crippen molar-refractivity contribution in [1.82, 2.24) is 0 Å². The molecular weight excluding hydrogens is 202 g/mol. The van der Waals surface area contributed by atoms with Crippen molar-refractivity contribution in [2.75, 3.05) is 0 Å². The molecule has 1 aliphatic rings. The minimum atomic E-state index is -0.248. The van der Waals surface area contributed by atoms with Crippen LogP contribution in [0.4, 0.5) is 0 Å². The summed E-state index contributed by atoms with van der Waals surface area (Å²) in [5, 5.41) is 8.82. The van der Waals surface area contributed by atoms with Crippen LogP contribution in [0.25, 0.3) is 0 Å². The molecule has 2 rings (SSSR count). The molecule has 0 radical (unpaired) electrons. The Labute approximate surface area is 94.6 Å². The van der Waals surface area contributed by atoms with Gasteiger partial charge in [-0.2, -0.15) is 5.26 Å². The molecular formula is C13H13NO2. The average molecular weight is 215 g/mol. The van der Waals surface area contributed by atoms with Crippen LogP contribution in [0.1, 0.15) is 42.6 Å². The Morgan fingerprint density at radius 3 is 3.06 bits per heavy atom. The van der Waals surface area contributed by atoms with Gasteiger partial charge >= 0.3 is 5.97 Å². The number of carbonyl (C=O) groups excluding carboxylic acids is 1. The van der Waals surface area contributed by atoms with E-state index in [9.17, 15) is 4.79 Å². The fourth-order valence-electron chi connectivity index (χ4n) is 2.16. The van der Waals surface area contributed by atoms with Crippen LogP contribution in [-0.4, -0.2) is 5.97 Å². The van der Waals surface area contributed by atoms with E-state index in [1.807, 2.05) is 12.1 Å². The molecule has 0 heterocycles. The molecule has 3 heteroatoms. The van der Waals surface area contributed by atoms with E-state index < -0.39 is 0 Å². The highest BCUT2D eigenvalue weighted by atomic mass is 16.5. The SMILES string of the molecule is CC(=O)OC1CCCc2cc(C#N)ccc21. The highest BCUT2D eigenvalue weighted by Gasteiger charge is 2.22. The van der Waals surface area contributed by atoms with Gasteiger partial charge in [0.05, 0.1) is 11.6 Å². The highest BCUT2D eigenvalue weighted by molar-refractivity contribution is 5.66. The second-order valence-electron chi connectivity index (χ2n) is 4.02. The number of fused-ring (bicyclic) bond motifs is 1. The van der Waals surface area contributed by atoms with E-state index in [-0.39, 0.29) is 12.1 Å². The highest BCUT2D eigenvalue weighted by Crippen LogP contribution is 2.32. The molecule has 16 heavy (non-hydrogen) atoms. The monoisotopic (exact) mass is 215 g/mol. The largest absolute Gasteiger partial charge is 0.458 e. The zero-order valence-electron chi connectivity index (χ0n) is 9.19. The van der Waals surface area contributed by atoms with Crippen molar-refractivity contribution < 1.29 is 9.53 Å². The van der Waals surface area contributed by atoms with Crippen LogP contribution in [-0.2, 0) is 16.0 Å². The summed E-state index contributed by atoms with van der Waals surface area (Å²) in [7, 11) is 0. The normalized spacial score (nSPS) is 18.4. The molecule has 0 saturated carbocycles. The van der Waals surface area contributed by atoms with E-state index in [2.05, 4.69) is 6.07 Å². The minimum absolute atomic E-state index is 0.131. The lowest BCUT2D eigenvalue weighted by Gasteiger charge is -2.25. The zero-order chi connectivity index (χ0) is 11.5. The van der Waals surface area contributed by atoms with Gasteiger partial charge in [0.25, 0.3) is 0 Å². The molecule has 1 atom stereocenters.